The van der Waals surface area contributed by atoms with Gasteiger partial charge >= 0.3 is 6.36 Å². The smallest absolute Gasteiger partial charge is 0.406 e. The van der Waals surface area contributed by atoms with E-state index >= 15 is 0 Å². The highest BCUT2D eigenvalue weighted by Gasteiger charge is 2.31. The van der Waals surface area contributed by atoms with Crippen LogP contribution >= 0.6 is 23.4 Å². The number of benzene rings is 1. The zero-order valence-corrected chi connectivity index (χ0v) is 15.9. The van der Waals surface area contributed by atoms with Gasteiger partial charge in [0.2, 0.25) is 5.28 Å². The lowest BCUT2D eigenvalue weighted by Crippen LogP contribution is -2.16. The molecular formula is C17H14ClF3N4OS. The molecule has 3 rings (SSSR count). The summed E-state index contributed by atoms with van der Waals surface area (Å²) in [5.74, 6) is 1.13. The molecule has 0 bridgehead atoms. The van der Waals surface area contributed by atoms with E-state index in [-0.39, 0.29) is 11.0 Å². The molecule has 2 heterocycles. The van der Waals surface area contributed by atoms with Crippen molar-refractivity contribution in [2.75, 3.05) is 5.75 Å². The maximum atomic E-state index is 12.3. The fourth-order valence-corrected chi connectivity index (χ4v) is 3.34. The van der Waals surface area contributed by atoms with Crippen molar-refractivity contribution in [2.24, 2.45) is 7.05 Å². The van der Waals surface area contributed by atoms with E-state index in [0.717, 1.165) is 10.6 Å². The van der Waals surface area contributed by atoms with Crippen molar-refractivity contribution >= 4 is 23.4 Å². The van der Waals surface area contributed by atoms with Gasteiger partial charge in [0.15, 0.2) is 5.82 Å². The van der Waals surface area contributed by atoms with Crippen LogP contribution in [0, 0.1) is 0 Å². The average molecular weight is 415 g/mol. The van der Waals surface area contributed by atoms with Crippen LogP contribution in [0.15, 0.2) is 41.6 Å². The molecule has 0 radical (unpaired) electrons. The average Bonchev–Trinajstić information content (AvgIpc) is 2.97. The van der Waals surface area contributed by atoms with E-state index in [1.165, 1.54) is 24.3 Å². The van der Waals surface area contributed by atoms with E-state index in [2.05, 4.69) is 19.7 Å². The molecule has 27 heavy (non-hydrogen) atoms. The molecule has 0 saturated heterocycles. The van der Waals surface area contributed by atoms with Gasteiger partial charge in [0, 0.05) is 18.8 Å². The maximum absolute atomic E-state index is 12.3. The number of imidazole rings is 1. The summed E-state index contributed by atoms with van der Waals surface area (Å²) in [6.07, 6.45) is -1.44. The van der Waals surface area contributed by atoms with E-state index in [4.69, 9.17) is 11.6 Å². The first-order valence-corrected chi connectivity index (χ1v) is 9.18. The van der Waals surface area contributed by atoms with Gasteiger partial charge in [-0.2, -0.15) is 0 Å². The molecule has 5 nitrogen and oxygen atoms in total. The third-order valence-corrected chi connectivity index (χ3v) is 4.69. The van der Waals surface area contributed by atoms with Crippen molar-refractivity contribution < 1.29 is 17.9 Å². The number of nitrogens with zero attached hydrogens (tertiary/aromatic N) is 4. The molecular weight excluding hydrogens is 401 g/mol. The van der Waals surface area contributed by atoms with Crippen LogP contribution in [-0.2, 0) is 7.05 Å². The van der Waals surface area contributed by atoms with Gasteiger partial charge in [0.25, 0.3) is 0 Å². The Kier molecular flexibility index (Phi) is 5.61. The molecule has 0 spiro atoms. The zero-order chi connectivity index (χ0) is 19.6. The number of rotatable bonds is 5. The van der Waals surface area contributed by atoms with Gasteiger partial charge in [-0.05, 0) is 41.6 Å². The zero-order valence-electron chi connectivity index (χ0n) is 14.3. The van der Waals surface area contributed by atoms with E-state index < -0.39 is 6.36 Å². The van der Waals surface area contributed by atoms with Gasteiger partial charge in [0.05, 0.1) is 16.8 Å². The lowest BCUT2D eigenvalue weighted by atomic mass is 10.1. The Labute approximate surface area is 162 Å². The van der Waals surface area contributed by atoms with Gasteiger partial charge in [-0.25, -0.2) is 15.0 Å². The summed E-state index contributed by atoms with van der Waals surface area (Å²) in [6.45, 7) is 2.01. The van der Waals surface area contributed by atoms with Crippen molar-refractivity contribution in [1.29, 1.82) is 0 Å². The van der Waals surface area contributed by atoms with Crippen molar-refractivity contribution in [3.63, 3.8) is 0 Å². The van der Waals surface area contributed by atoms with E-state index in [1.807, 2.05) is 6.92 Å². The van der Waals surface area contributed by atoms with Crippen LogP contribution in [0.1, 0.15) is 6.92 Å². The quantitative estimate of drug-likeness (QED) is 0.424. The van der Waals surface area contributed by atoms with Gasteiger partial charge in [-0.15, -0.1) is 24.9 Å². The van der Waals surface area contributed by atoms with Crippen LogP contribution in [0.5, 0.6) is 5.75 Å². The topological polar surface area (TPSA) is 52.8 Å². The summed E-state index contributed by atoms with van der Waals surface area (Å²) in [4.78, 5) is 13.6. The number of aromatic nitrogens is 4. The van der Waals surface area contributed by atoms with Gasteiger partial charge in [-0.3, -0.25) is 0 Å². The van der Waals surface area contributed by atoms with E-state index in [0.29, 0.717) is 22.8 Å². The second-order valence-electron chi connectivity index (χ2n) is 5.38. The molecule has 2 aromatic heterocycles. The lowest BCUT2D eigenvalue weighted by Gasteiger charge is -2.11. The lowest BCUT2D eigenvalue weighted by molar-refractivity contribution is -0.274. The fourth-order valence-electron chi connectivity index (χ4n) is 2.50. The van der Waals surface area contributed by atoms with Crippen LogP contribution in [0.2, 0.25) is 5.28 Å². The van der Waals surface area contributed by atoms with Crippen molar-refractivity contribution in [3.8, 4) is 28.5 Å². The number of alkyl halides is 3. The summed E-state index contributed by atoms with van der Waals surface area (Å²) < 4.78 is 42.6. The van der Waals surface area contributed by atoms with Gasteiger partial charge in [-0.1, -0.05) is 6.92 Å². The van der Waals surface area contributed by atoms with Crippen LogP contribution in [0.4, 0.5) is 13.2 Å². The fraction of sp³-hybridized carbons (Fsp3) is 0.235. The Morgan fingerprint density at radius 1 is 1.15 bits per heavy atom. The second kappa shape index (κ2) is 7.77. The molecule has 0 amide bonds. The summed E-state index contributed by atoms with van der Waals surface area (Å²) >= 11 is 7.51. The third kappa shape index (κ3) is 4.54. The van der Waals surface area contributed by atoms with E-state index in [9.17, 15) is 13.2 Å². The number of hydrogen-bond donors (Lipinski definition) is 0. The molecule has 0 saturated carbocycles. The molecule has 142 valence electrons. The summed E-state index contributed by atoms with van der Waals surface area (Å²) in [7, 11) is 1.80. The minimum Gasteiger partial charge on any atom is -0.406 e. The number of hydrogen-bond acceptors (Lipinski definition) is 5. The van der Waals surface area contributed by atoms with E-state index in [1.54, 1.807) is 35.8 Å². The van der Waals surface area contributed by atoms with Gasteiger partial charge in [0.1, 0.15) is 11.4 Å². The Bertz CT molecular complexity index is 944. The molecule has 0 N–H and O–H groups in total. The Morgan fingerprint density at radius 2 is 1.85 bits per heavy atom. The Balaban J connectivity index is 1.96. The first kappa shape index (κ1) is 19.5. The van der Waals surface area contributed by atoms with Gasteiger partial charge < -0.3 is 9.30 Å². The molecule has 0 atom stereocenters. The largest absolute Gasteiger partial charge is 0.573 e. The minimum atomic E-state index is -4.72. The van der Waals surface area contributed by atoms with Crippen LogP contribution < -0.4 is 4.74 Å². The molecule has 0 fully saturated rings. The predicted octanol–water partition coefficient (Wildman–Crippen LogP) is 5.21. The Hall–Kier alpha value is -2.26. The highest BCUT2D eigenvalue weighted by atomic mass is 35.5. The predicted molar refractivity (Wildman–Crippen MR) is 97.8 cm³/mol. The normalized spacial score (nSPS) is 11.6. The van der Waals surface area contributed by atoms with Crippen molar-refractivity contribution in [3.05, 3.63) is 41.9 Å². The summed E-state index contributed by atoms with van der Waals surface area (Å²) in [6, 6.07) is 5.60. The number of halogens is 4. The van der Waals surface area contributed by atoms with Crippen LogP contribution in [0.3, 0.4) is 0 Å². The Morgan fingerprint density at radius 3 is 2.48 bits per heavy atom. The standard InChI is InChI=1S/C17H14ClF3N4OS/c1-3-27-13-9-23-16(18)24-14(13)15-22-8-12(25(15)2)10-4-6-11(7-5-10)26-17(19,20)21/h4-9H,3H2,1-2H3. The maximum Gasteiger partial charge on any atom is 0.573 e. The van der Waals surface area contributed by atoms with Crippen molar-refractivity contribution in [2.45, 2.75) is 18.2 Å². The minimum absolute atomic E-state index is 0.114. The molecule has 10 heteroatoms. The summed E-state index contributed by atoms with van der Waals surface area (Å²) in [5, 5.41) is 0.114. The molecule has 3 aromatic rings. The molecule has 1 aromatic carbocycles. The highest BCUT2D eigenvalue weighted by Crippen LogP contribution is 2.32. The molecule has 0 aliphatic carbocycles. The second-order valence-corrected chi connectivity index (χ2v) is 7.03. The monoisotopic (exact) mass is 414 g/mol. The van der Waals surface area contributed by atoms with Crippen molar-refractivity contribution in [1.82, 2.24) is 19.5 Å². The number of thioether (sulfide) groups is 1. The van der Waals surface area contributed by atoms with Crippen LogP contribution in [-0.4, -0.2) is 31.6 Å². The highest BCUT2D eigenvalue weighted by molar-refractivity contribution is 7.99. The number of ether oxygens (including phenoxy) is 1. The molecule has 0 aliphatic heterocycles. The molecule has 0 unspecified atom stereocenters. The first-order chi connectivity index (χ1) is 12.8. The first-order valence-electron chi connectivity index (χ1n) is 7.82. The summed E-state index contributed by atoms with van der Waals surface area (Å²) in [5.41, 5.74) is 2.01. The molecule has 0 aliphatic rings. The van der Waals surface area contributed by atoms with Crippen LogP contribution in [0.25, 0.3) is 22.8 Å². The SMILES string of the molecule is CCSc1cnc(Cl)nc1-c1ncc(-c2ccc(OC(F)(F)F)cc2)n1C. The third-order valence-electron chi connectivity index (χ3n) is 3.61.